The van der Waals surface area contributed by atoms with Crippen LogP contribution in [0.2, 0.25) is 0 Å². The highest BCUT2D eigenvalue weighted by Gasteiger charge is 2.25. The fourth-order valence-electron chi connectivity index (χ4n) is 7.38. The van der Waals surface area contributed by atoms with E-state index in [1.165, 1.54) is 78.9 Å². The lowest BCUT2D eigenvalue weighted by Crippen LogP contribution is -2.25. The van der Waals surface area contributed by atoms with E-state index >= 15 is 0 Å². The van der Waals surface area contributed by atoms with Gasteiger partial charge in [-0.15, -0.1) is 0 Å². The standard InChI is InChI=1S/2C24H20N2O7/c25-32-9-1-8-26-23(29)13-2-5-16(24(30)31)19(10-13)22-17-6-3-14(27)11-20(17)33-21-12-15(28)4-7-18(21)22;25-32-9-1-8-26-23(29)13-2-5-16(19(10-13)24(30)31)22-17-6-3-14(27)11-20(17)33-21-12-15(28)4-7-18(21)22/h2*2-7,10-12,27H,1,8-9,25H2,(H,26,29)(H,30,31). The summed E-state index contributed by atoms with van der Waals surface area (Å²) in [5, 5.41) is 46.1. The number of fused-ring (bicyclic) bond motifs is 4. The van der Waals surface area contributed by atoms with Gasteiger partial charge in [0.2, 0.25) is 0 Å². The molecule has 10 N–H and O–H groups in total. The van der Waals surface area contributed by atoms with Gasteiger partial charge in [-0.3, -0.25) is 19.2 Å². The minimum absolute atomic E-state index is 0.0313. The van der Waals surface area contributed by atoms with Crippen LogP contribution in [0, 0.1) is 0 Å². The third-order valence-corrected chi connectivity index (χ3v) is 10.4. The molecule has 0 radical (unpaired) electrons. The van der Waals surface area contributed by atoms with Crippen molar-refractivity contribution < 1.29 is 58.1 Å². The Labute approximate surface area is 372 Å². The van der Waals surface area contributed by atoms with Gasteiger partial charge in [0, 0.05) is 81.5 Å². The van der Waals surface area contributed by atoms with Gasteiger partial charge in [0.15, 0.2) is 10.9 Å². The summed E-state index contributed by atoms with van der Waals surface area (Å²) >= 11 is 0. The lowest BCUT2D eigenvalue weighted by molar-refractivity contribution is 0.0686. The maximum Gasteiger partial charge on any atom is 0.336 e. The fourth-order valence-corrected chi connectivity index (χ4v) is 7.38. The number of benzene rings is 6. The Morgan fingerprint density at radius 3 is 1.45 bits per heavy atom. The van der Waals surface area contributed by atoms with Crippen LogP contribution in [0.25, 0.3) is 66.8 Å². The van der Waals surface area contributed by atoms with Crippen LogP contribution in [0.3, 0.4) is 0 Å². The molecular formula is C48H40N4O14. The molecule has 2 heterocycles. The molecule has 4 aliphatic rings. The molecule has 0 saturated carbocycles. The lowest BCUT2D eigenvalue weighted by atomic mass is 9.89. The Hall–Kier alpha value is -8.42. The number of hydrogen-bond acceptors (Lipinski definition) is 14. The van der Waals surface area contributed by atoms with Gasteiger partial charge in [-0.2, -0.15) is 0 Å². The van der Waals surface area contributed by atoms with Crippen molar-refractivity contribution in [3.05, 3.63) is 152 Å². The van der Waals surface area contributed by atoms with Crippen LogP contribution in [0.1, 0.15) is 54.3 Å². The first-order chi connectivity index (χ1) is 31.8. The Bertz CT molecular complexity index is 3210. The minimum Gasteiger partial charge on any atom is -0.508 e. The third kappa shape index (κ3) is 9.86. The average molecular weight is 897 g/mol. The number of nitrogens with one attached hydrogen (secondary N) is 2. The molecule has 0 bridgehead atoms. The van der Waals surface area contributed by atoms with Crippen LogP contribution >= 0.6 is 0 Å². The number of carbonyl (C=O) groups is 4. The summed E-state index contributed by atoms with van der Waals surface area (Å²) in [7, 11) is 0. The van der Waals surface area contributed by atoms with E-state index in [0.717, 1.165) is 0 Å². The van der Waals surface area contributed by atoms with Gasteiger partial charge in [-0.25, -0.2) is 21.4 Å². The average Bonchev–Trinajstić information content (AvgIpc) is 3.29. The van der Waals surface area contributed by atoms with Gasteiger partial charge < -0.3 is 49.6 Å². The second kappa shape index (κ2) is 20.0. The number of amides is 2. The number of aromatic carboxylic acids is 2. The number of carboxylic acid groups (broad SMARTS) is 2. The minimum atomic E-state index is -1.22. The Kier molecular flexibility index (Phi) is 13.8. The molecule has 336 valence electrons. The number of carboxylic acids is 2. The third-order valence-electron chi connectivity index (χ3n) is 10.4. The first kappa shape index (κ1) is 45.6. The predicted molar refractivity (Wildman–Crippen MR) is 241 cm³/mol. The lowest BCUT2D eigenvalue weighted by Gasteiger charge is -2.17. The van der Waals surface area contributed by atoms with E-state index in [0.29, 0.717) is 64.5 Å². The summed E-state index contributed by atoms with van der Waals surface area (Å²) in [6.07, 6.45) is 1.02. The van der Waals surface area contributed by atoms with E-state index in [-0.39, 0.29) is 92.0 Å². The van der Waals surface area contributed by atoms with Crippen molar-refractivity contribution in [3.8, 4) is 56.4 Å². The molecule has 18 heteroatoms. The van der Waals surface area contributed by atoms with Crippen molar-refractivity contribution in [2.24, 2.45) is 11.8 Å². The number of rotatable bonds is 14. The summed E-state index contributed by atoms with van der Waals surface area (Å²) in [6, 6.07) is 26.0. The van der Waals surface area contributed by atoms with Crippen molar-refractivity contribution in [2.45, 2.75) is 12.8 Å². The van der Waals surface area contributed by atoms with Crippen LogP contribution in [-0.2, 0) is 9.68 Å². The maximum atomic E-state index is 12.7. The second-order valence-electron chi connectivity index (χ2n) is 14.7. The van der Waals surface area contributed by atoms with Crippen molar-refractivity contribution in [2.75, 3.05) is 26.3 Å². The molecule has 0 unspecified atom stereocenters. The number of nitrogens with two attached hydrogens (primary N) is 2. The van der Waals surface area contributed by atoms with Gasteiger partial charge in [0.1, 0.15) is 34.2 Å². The summed E-state index contributed by atoms with van der Waals surface area (Å²) in [4.78, 5) is 82.1. The zero-order valence-electron chi connectivity index (χ0n) is 34.7. The molecule has 2 amide bonds. The zero-order chi connectivity index (χ0) is 47.1. The van der Waals surface area contributed by atoms with E-state index in [1.54, 1.807) is 30.3 Å². The van der Waals surface area contributed by atoms with Crippen LogP contribution in [0.5, 0.6) is 11.5 Å². The molecule has 0 aromatic heterocycles. The number of phenols is 2. The van der Waals surface area contributed by atoms with Crippen molar-refractivity contribution >= 4 is 45.7 Å². The molecule has 18 nitrogen and oxygen atoms in total. The maximum absolute atomic E-state index is 12.7. The summed E-state index contributed by atoms with van der Waals surface area (Å²) in [6.45, 7) is 1.20. The largest absolute Gasteiger partial charge is 0.508 e. The van der Waals surface area contributed by atoms with E-state index in [9.17, 15) is 49.2 Å². The number of hydrogen-bond donors (Lipinski definition) is 8. The van der Waals surface area contributed by atoms with Gasteiger partial charge in [0.25, 0.3) is 11.8 Å². The van der Waals surface area contributed by atoms with E-state index in [4.69, 9.17) is 20.6 Å². The highest BCUT2D eigenvalue weighted by Crippen LogP contribution is 2.44. The highest BCUT2D eigenvalue weighted by atomic mass is 16.6. The second-order valence-corrected chi connectivity index (χ2v) is 14.7. The first-order valence-corrected chi connectivity index (χ1v) is 20.1. The highest BCUT2D eigenvalue weighted by molar-refractivity contribution is 6.10. The van der Waals surface area contributed by atoms with Gasteiger partial charge >= 0.3 is 11.9 Å². The summed E-state index contributed by atoms with van der Waals surface area (Å²) in [5.74, 6) is 7.10. The molecule has 4 aromatic rings. The van der Waals surface area contributed by atoms with E-state index in [1.807, 2.05) is 0 Å². The SMILES string of the molecule is NOCCCNC(=O)c1ccc(-c2c3ccc(=O)cc-3oc3cc(O)ccc23)c(C(=O)O)c1.NOCCCNC(=O)c1ccc(C(=O)O)c(-c2c3ccc(=O)cc-3oc3cc(O)ccc23)c1. The number of aromatic hydroxyl groups is 2. The van der Waals surface area contributed by atoms with Crippen LogP contribution < -0.4 is 33.3 Å². The summed E-state index contributed by atoms with van der Waals surface area (Å²) < 4.78 is 11.6. The van der Waals surface area contributed by atoms with Gasteiger partial charge in [0.05, 0.1) is 24.3 Å². The van der Waals surface area contributed by atoms with E-state index in [2.05, 4.69) is 20.3 Å². The van der Waals surface area contributed by atoms with Crippen molar-refractivity contribution in [1.82, 2.24) is 10.6 Å². The Morgan fingerprint density at radius 1 is 0.515 bits per heavy atom. The first-order valence-electron chi connectivity index (χ1n) is 20.1. The van der Waals surface area contributed by atoms with Gasteiger partial charge in [-0.1, -0.05) is 6.07 Å². The smallest absolute Gasteiger partial charge is 0.336 e. The summed E-state index contributed by atoms with van der Waals surface area (Å²) in [5.41, 5.74) is 2.89. The van der Waals surface area contributed by atoms with Gasteiger partial charge in [-0.05, 0) is 103 Å². The van der Waals surface area contributed by atoms with Crippen LogP contribution in [0.15, 0.2) is 128 Å². The predicted octanol–water partition coefficient (Wildman–Crippen LogP) is 5.96. The molecule has 66 heavy (non-hydrogen) atoms. The van der Waals surface area contributed by atoms with Crippen LogP contribution in [-0.4, -0.2) is 70.5 Å². The topological polar surface area (TPSA) is 304 Å². The molecule has 0 spiro atoms. The molecular weight excluding hydrogens is 857 g/mol. The Morgan fingerprint density at radius 2 is 0.970 bits per heavy atom. The fraction of sp³-hybridized carbons (Fsp3) is 0.125. The monoisotopic (exact) mass is 896 g/mol. The Balaban J connectivity index is 0.000000196. The normalized spacial score (nSPS) is 11.1. The van der Waals surface area contributed by atoms with E-state index < -0.39 is 17.8 Å². The molecule has 4 aromatic carbocycles. The molecule has 0 saturated heterocycles. The quantitative estimate of drug-likeness (QED) is 0.0355. The molecule has 8 rings (SSSR count). The molecule has 0 fully saturated rings. The molecule has 0 atom stereocenters. The number of carbonyl (C=O) groups excluding carboxylic acids is 2. The van der Waals surface area contributed by atoms with Crippen LogP contribution in [0.4, 0.5) is 0 Å². The van der Waals surface area contributed by atoms with Crippen molar-refractivity contribution in [3.63, 3.8) is 0 Å². The molecule has 2 aliphatic carbocycles. The molecule has 2 aliphatic heterocycles. The van der Waals surface area contributed by atoms with Crippen molar-refractivity contribution in [1.29, 1.82) is 0 Å². The zero-order valence-corrected chi connectivity index (χ0v) is 34.7. The number of phenolic OH excluding ortho intramolecular Hbond substituents is 2.